The van der Waals surface area contributed by atoms with E-state index in [1.54, 1.807) is 0 Å². The summed E-state index contributed by atoms with van der Waals surface area (Å²) in [4.78, 5) is 10.1. The summed E-state index contributed by atoms with van der Waals surface area (Å²) >= 11 is 0. The van der Waals surface area contributed by atoms with E-state index in [0.717, 1.165) is 6.29 Å². The Morgan fingerprint density at radius 1 is 1.08 bits per heavy atom. The standard InChI is InChI=1S/C10H20OSi/c1-4-12(5-2,6-3)10-8-7-9-11/h8-10H,4-7H2,1-3H3/b10-8+. The van der Waals surface area contributed by atoms with Gasteiger partial charge in [-0.25, -0.2) is 0 Å². The van der Waals surface area contributed by atoms with E-state index < -0.39 is 8.07 Å². The molecule has 0 saturated heterocycles. The Hall–Kier alpha value is -0.373. The Morgan fingerprint density at radius 3 is 1.92 bits per heavy atom. The second kappa shape index (κ2) is 6.18. The maximum atomic E-state index is 10.1. The van der Waals surface area contributed by atoms with E-state index >= 15 is 0 Å². The second-order valence-electron chi connectivity index (χ2n) is 3.23. The molecule has 0 aromatic heterocycles. The van der Waals surface area contributed by atoms with Crippen molar-refractivity contribution >= 4 is 14.4 Å². The Morgan fingerprint density at radius 2 is 1.58 bits per heavy atom. The predicted octanol–water partition coefficient (Wildman–Crippen LogP) is 3.18. The van der Waals surface area contributed by atoms with E-state index in [0.29, 0.717) is 6.42 Å². The number of carbonyl (C=O) groups excluding carboxylic acids is 1. The van der Waals surface area contributed by atoms with Gasteiger partial charge in [0, 0.05) is 6.42 Å². The molecule has 70 valence electrons. The third-order valence-corrected chi connectivity index (χ3v) is 7.98. The molecule has 0 aliphatic rings. The molecule has 0 fully saturated rings. The van der Waals surface area contributed by atoms with Crippen molar-refractivity contribution < 1.29 is 4.79 Å². The molecule has 0 aliphatic heterocycles. The van der Waals surface area contributed by atoms with Crippen molar-refractivity contribution in [3.63, 3.8) is 0 Å². The highest BCUT2D eigenvalue weighted by atomic mass is 28.3. The number of aldehydes is 1. The van der Waals surface area contributed by atoms with Crippen LogP contribution in [-0.2, 0) is 4.79 Å². The molecule has 2 heteroatoms. The molecule has 0 radical (unpaired) electrons. The van der Waals surface area contributed by atoms with Crippen molar-refractivity contribution in [1.29, 1.82) is 0 Å². The zero-order chi connectivity index (χ0) is 9.45. The Bertz CT molecular complexity index is 140. The van der Waals surface area contributed by atoms with E-state index in [-0.39, 0.29) is 0 Å². The first-order valence-corrected chi connectivity index (χ1v) is 7.55. The van der Waals surface area contributed by atoms with E-state index in [1.807, 2.05) is 0 Å². The Kier molecular flexibility index (Phi) is 5.99. The zero-order valence-electron chi connectivity index (χ0n) is 8.47. The van der Waals surface area contributed by atoms with Crippen LogP contribution in [0.4, 0.5) is 0 Å². The summed E-state index contributed by atoms with van der Waals surface area (Å²) < 4.78 is 0. The lowest BCUT2D eigenvalue weighted by Crippen LogP contribution is -2.28. The quantitative estimate of drug-likeness (QED) is 0.458. The highest BCUT2D eigenvalue weighted by Gasteiger charge is 2.22. The first-order chi connectivity index (χ1) is 5.74. The Labute approximate surface area is 76.9 Å². The average Bonchev–Trinajstić information content (AvgIpc) is 2.14. The van der Waals surface area contributed by atoms with Gasteiger partial charge in [0.05, 0.1) is 8.07 Å². The van der Waals surface area contributed by atoms with Crippen molar-refractivity contribution in [2.45, 2.75) is 45.3 Å². The van der Waals surface area contributed by atoms with Crippen LogP contribution in [-0.4, -0.2) is 14.4 Å². The predicted molar refractivity (Wildman–Crippen MR) is 57.0 cm³/mol. The molecule has 0 rings (SSSR count). The molecule has 0 saturated carbocycles. The van der Waals surface area contributed by atoms with E-state index in [2.05, 4.69) is 32.5 Å². The molecule has 12 heavy (non-hydrogen) atoms. The van der Waals surface area contributed by atoms with Crippen molar-refractivity contribution in [2.75, 3.05) is 0 Å². The van der Waals surface area contributed by atoms with Crippen LogP contribution < -0.4 is 0 Å². The monoisotopic (exact) mass is 184 g/mol. The number of hydrogen-bond donors (Lipinski definition) is 0. The molecule has 0 unspecified atom stereocenters. The molecule has 0 atom stereocenters. The number of hydrogen-bond acceptors (Lipinski definition) is 1. The molecule has 0 bridgehead atoms. The third kappa shape index (κ3) is 3.35. The molecule has 1 nitrogen and oxygen atoms in total. The van der Waals surface area contributed by atoms with Gasteiger partial charge in [0.1, 0.15) is 6.29 Å². The topological polar surface area (TPSA) is 17.1 Å². The van der Waals surface area contributed by atoms with Gasteiger partial charge in [0.2, 0.25) is 0 Å². The molecule has 0 aliphatic carbocycles. The van der Waals surface area contributed by atoms with Gasteiger partial charge >= 0.3 is 0 Å². The van der Waals surface area contributed by atoms with Crippen LogP contribution >= 0.6 is 0 Å². The van der Waals surface area contributed by atoms with Gasteiger partial charge in [0.25, 0.3) is 0 Å². The molecule has 0 heterocycles. The van der Waals surface area contributed by atoms with Crippen molar-refractivity contribution in [3.05, 3.63) is 11.8 Å². The van der Waals surface area contributed by atoms with Gasteiger partial charge in [-0.15, -0.1) is 0 Å². The Balaban J connectivity index is 4.18. The highest BCUT2D eigenvalue weighted by Crippen LogP contribution is 2.21. The molecular formula is C10H20OSi. The molecule has 0 spiro atoms. The molecular weight excluding hydrogens is 164 g/mol. The van der Waals surface area contributed by atoms with E-state index in [9.17, 15) is 4.79 Å². The zero-order valence-corrected chi connectivity index (χ0v) is 9.47. The summed E-state index contributed by atoms with van der Waals surface area (Å²) in [6.45, 7) is 6.80. The molecule has 0 aromatic carbocycles. The first kappa shape index (κ1) is 11.6. The van der Waals surface area contributed by atoms with Crippen LogP contribution in [0.15, 0.2) is 11.8 Å². The summed E-state index contributed by atoms with van der Waals surface area (Å²) in [6, 6.07) is 3.90. The molecule has 0 amide bonds. The number of rotatable bonds is 6. The lowest BCUT2D eigenvalue weighted by molar-refractivity contribution is -0.107. The fraction of sp³-hybridized carbons (Fsp3) is 0.700. The fourth-order valence-corrected chi connectivity index (χ4v) is 4.32. The van der Waals surface area contributed by atoms with Crippen LogP contribution in [0.5, 0.6) is 0 Å². The minimum absolute atomic E-state index is 0.592. The molecule has 0 aromatic rings. The van der Waals surface area contributed by atoms with Gasteiger partial charge < -0.3 is 4.79 Å². The number of allylic oxidation sites excluding steroid dienone is 1. The fourth-order valence-electron chi connectivity index (χ4n) is 1.48. The van der Waals surface area contributed by atoms with E-state index in [4.69, 9.17) is 0 Å². The largest absolute Gasteiger partial charge is 0.303 e. The normalized spacial score (nSPS) is 12.2. The van der Waals surface area contributed by atoms with Crippen LogP contribution in [0.3, 0.4) is 0 Å². The van der Waals surface area contributed by atoms with Crippen molar-refractivity contribution in [3.8, 4) is 0 Å². The van der Waals surface area contributed by atoms with Crippen molar-refractivity contribution in [2.24, 2.45) is 0 Å². The summed E-state index contributed by atoms with van der Waals surface area (Å²) in [5, 5.41) is 0. The summed E-state index contributed by atoms with van der Waals surface area (Å²) in [5.74, 6) is 0. The SMILES string of the molecule is CC[Si](/C=C/CC=O)(CC)CC. The van der Waals surface area contributed by atoms with Gasteiger partial charge in [0.15, 0.2) is 0 Å². The third-order valence-electron chi connectivity index (χ3n) is 2.82. The highest BCUT2D eigenvalue weighted by molar-refractivity contribution is 6.84. The maximum Gasteiger partial charge on any atom is 0.123 e. The van der Waals surface area contributed by atoms with Crippen LogP contribution in [0.1, 0.15) is 27.2 Å². The minimum Gasteiger partial charge on any atom is -0.303 e. The lowest BCUT2D eigenvalue weighted by Gasteiger charge is -2.23. The van der Waals surface area contributed by atoms with Crippen molar-refractivity contribution in [1.82, 2.24) is 0 Å². The number of carbonyl (C=O) groups is 1. The van der Waals surface area contributed by atoms with Gasteiger partial charge in [-0.1, -0.05) is 50.7 Å². The summed E-state index contributed by atoms with van der Waals surface area (Å²) in [6.07, 6.45) is 3.61. The lowest BCUT2D eigenvalue weighted by atomic mass is 10.5. The maximum absolute atomic E-state index is 10.1. The molecule has 0 N–H and O–H groups in total. The smallest absolute Gasteiger partial charge is 0.123 e. The van der Waals surface area contributed by atoms with Crippen LogP contribution in [0, 0.1) is 0 Å². The summed E-state index contributed by atoms with van der Waals surface area (Å²) in [7, 11) is -1.09. The summed E-state index contributed by atoms with van der Waals surface area (Å²) in [5.41, 5.74) is 2.35. The van der Waals surface area contributed by atoms with Gasteiger partial charge in [-0.2, -0.15) is 0 Å². The van der Waals surface area contributed by atoms with E-state index in [1.165, 1.54) is 18.1 Å². The van der Waals surface area contributed by atoms with Gasteiger partial charge in [-0.05, 0) is 0 Å². The second-order valence-corrected chi connectivity index (χ2v) is 8.41. The minimum atomic E-state index is -1.09. The van der Waals surface area contributed by atoms with Crippen LogP contribution in [0.2, 0.25) is 18.1 Å². The van der Waals surface area contributed by atoms with Gasteiger partial charge in [-0.3, -0.25) is 0 Å². The first-order valence-electron chi connectivity index (χ1n) is 4.86. The van der Waals surface area contributed by atoms with Crippen LogP contribution in [0.25, 0.3) is 0 Å². The average molecular weight is 184 g/mol.